The van der Waals surface area contributed by atoms with Crippen molar-refractivity contribution in [2.24, 2.45) is 5.73 Å². The van der Waals surface area contributed by atoms with Crippen LogP contribution in [0.2, 0.25) is 0 Å². The van der Waals surface area contributed by atoms with Crippen molar-refractivity contribution >= 4 is 17.7 Å². The van der Waals surface area contributed by atoms with Gasteiger partial charge in [-0.25, -0.2) is 9.59 Å². The number of rotatable bonds is 2. The maximum Gasteiger partial charge on any atom is 0.412 e. The van der Waals surface area contributed by atoms with Crippen molar-refractivity contribution in [3.05, 3.63) is 42.2 Å². The first-order chi connectivity index (χ1) is 8.56. The Hall–Kier alpha value is -2.76. The Morgan fingerprint density at radius 1 is 1.06 bits per heavy atom. The lowest BCUT2D eigenvalue weighted by Crippen LogP contribution is -2.17. The molecule has 0 saturated carbocycles. The summed E-state index contributed by atoms with van der Waals surface area (Å²) in [4.78, 5) is 21.7. The van der Waals surface area contributed by atoms with E-state index in [4.69, 9.17) is 15.9 Å². The van der Waals surface area contributed by atoms with Crippen molar-refractivity contribution in [3.63, 3.8) is 0 Å². The van der Waals surface area contributed by atoms with E-state index in [2.05, 4.69) is 4.74 Å². The highest BCUT2D eigenvalue weighted by Gasteiger charge is 2.15. The monoisotopic (exact) mass is 246 g/mol. The number of anilines is 1. The Morgan fingerprint density at radius 3 is 2.33 bits per heavy atom. The normalized spacial score (nSPS) is 10.0. The summed E-state index contributed by atoms with van der Waals surface area (Å²) in [6.45, 7) is 0. The third kappa shape index (κ3) is 2.49. The molecular weight excluding hydrogens is 236 g/mol. The van der Waals surface area contributed by atoms with Crippen LogP contribution in [0.25, 0.3) is 11.3 Å². The molecular formula is C12H10N2O4. The molecule has 0 bridgehead atoms. The van der Waals surface area contributed by atoms with Crippen molar-refractivity contribution in [2.75, 3.05) is 5.73 Å². The Balaban J connectivity index is 2.22. The largest absolute Gasteiger partial charge is 0.449 e. The predicted octanol–water partition coefficient (Wildman–Crippen LogP) is 1.76. The molecule has 2 rings (SSSR count). The number of hydrogen-bond donors (Lipinski definition) is 2. The van der Waals surface area contributed by atoms with E-state index in [-0.39, 0.29) is 5.76 Å². The number of benzene rings is 1. The van der Waals surface area contributed by atoms with Crippen LogP contribution in [0.4, 0.5) is 10.5 Å². The SMILES string of the molecule is NC(=O)OC(=O)c1ccc(-c2ccc(N)cc2)o1. The van der Waals surface area contributed by atoms with Crippen LogP contribution in [0.1, 0.15) is 10.6 Å². The number of esters is 1. The van der Waals surface area contributed by atoms with E-state index < -0.39 is 12.1 Å². The van der Waals surface area contributed by atoms with E-state index in [9.17, 15) is 9.59 Å². The van der Waals surface area contributed by atoms with Gasteiger partial charge in [0.2, 0.25) is 5.76 Å². The lowest BCUT2D eigenvalue weighted by molar-refractivity contribution is 0.0605. The molecule has 2 aromatic rings. The van der Waals surface area contributed by atoms with Gasteiger partial charge in [-0.2, -0.15) is 0 Å². The first kappa shape index (κ1) is 11.7. The fourth-order valence-corrected chi connectivity index (χ4v) is 1.39. The summed E-state index contributed by atoms with van der Waals surface area (Å²) < 4.78 is 9.44. The highest BCUT2D eigenvalue weighted by Crippen LogP contribution is 2.23. The first-order valence-corrected chi connectivity index (χ1v) is 5.03. The second kappa shape index (κ2) is 4.62. The minimum atomic E-state index is -1.18. The molecule has 0 saturated heterocycles. The molecule has 1 aromatic carbocycles. The van der Waals surface area contributed by atoms with Crippen LogP contribution >= 0.6 is 0 Å². The van der Waals surface area contributed by atoms with Gasteiger partial charge in [0.25, 0.3) is 0 Å². The van der Waals surface area contributed by atoms with Gasteiger partial charge >= 0.3 is 12.1 Å². The zero-order valence-corrected chi connectivity index (χ0v) is 9.25. The van der Waals surface area contributed by atoms with Gasteiger partial charge in [-0.15, -0.1) is 0 Å². The van der Waals surface area contributed by atoms with E-state index in [1.807, 2.05) is 0 Å². The number of furan rings is 1. The van der Waals surface area contributed by atoms with Crippen molar-refractivity contribution in [2.45, 2.75) is 0 Å². The summed E-state index contributed by atoms with van der Waals surface area (Å²) >= 11 is 0. The number of ether oxygens (including phenoxy) is 1. The summed E-state index contributed by atoms with van der Waals surface area (Å²) in [7, 11) is 0. The zero-order valence-electron chi connectivity index (χ0n) is 9.25. The predicted molar refractivity (Wildman–Crippen MR) is 63.6 cm³/mol. The molecule has 0 fully saturated rings. The minimum Gasteiger partial charge on any atom is -0.449 e. The number of amides is 1. The van der Waals surface area contributed by atoms with Crippen LogP contribution in [0, 0.1) is 0 Å². The molecule has 0 atom stereocenters. The fourth-order valence-electron chi connectivity index (χ4n) is 1.39. The molecule has 92 valence electrons. The molecule has 1 aromatic heterocycles. The van der Waals surface area contributed by atoms with E-state index in [0.29, 0.717) is 11.4 Å². The van der Waals surface area contributed by atoms with E-state index in [1.54, 1.807) is 30.3 Å². The van der Waals surface area contributed by atoms with Crippen molar-refractivity contribution in [1.82, 2.24) is 0 Å². The van der Waals surface area contributed by atoms with Crippen LogP contribution in [-0.2, 0) is 4.74 Å². The number of nitrogen functional groups attached to an aromatic ring is 1. The molecule has 6 heteroatoms. The fraction of sp³-hybridized carbons (Fsp3) is 0. The van der Waals surface area contributed by atoms with Gasteiger partial charge in [0.15, 0.2) is 0 Å². The van der Waals surface area contributed by atoms with Crippen LogP contribution in [0.5, 0.6) is 0 Å². The lowest BCUT2D eigenvalue weighted by atomic mass is 10.1. The molecule has 0 aliphatic carbocycles. The second-order valence-electron chi connectivity index (χ2n) is 3.49. The molecule has 0 radical (unpaired) electrons. The van der Waals surface area contributed by atoms with Crippen LogP contribution in [0.15, 0.2) is 40.8 Å². The van der Waals surface area contributed by atoms with E-state index in [0.717, 1.165) is 5.56 Å². The molecule has 6 nitrogen and oxygen atoms in total. The van der Waals surface area contributed by atoms with Crippen molar-refractivity contribution < 1.29 is 18.7 Å². The average molecular weight is 246 g/mol. The number of primary amides is 1. The third-order valence-electron chi connectivity index (χ3n) is 2.20. The first-order valence-electron chi connectivity index (χ1n) is 5.03. The third-order valence-corrected chi connectivity index (χ3v) is 2.20. The molecule has 0 spiro atoms. The molecule has 1 heterocycles. The summed E-state index contributed by atoms with van der Waals surface area (Å²) in [5.41, 5.74) is 11.7. The molecule has 18 heavy (non-hydrogen) atoms. The smallest absolute Gasteiger partial charge is 0.412 e. The summed E-state index contributed by atoms with van der Waals surface area (Å²) in [5.74, 6) is -0.559. The van der Waals surface area contributed by atoms with Crippen LogP contribution in [-0.4, -0.2) is 12.1 Å². The van der Waals surface area contributed by atoms with Crippen LogP contribution < -0.4 is 11.5 Å². The summed E-state index contributed by atoms with van der Waals surface area (Å²) in [5, 5.41) is 0. The Bertz CT molecular complexity index is 586. The Morgan fingerprint density at radius 2 is 1.72 bits per heavy atom. The van der Waals surface area contributed by atoms with Gasteiger partial charge in [0.1, 0.15) is 5.76 Å². The van der Waals surface area contributed by atoms with E-state index in [1.165, 1.54) is 6.07 Å². The Kier molecular flexibility index (Phi) is 3.01. The summed E-state index contributed by atoms with van der Waals surface area (Å²) in [6, 6.07) is 9.90. The van der Waals surface area contributed by atoms with Crippen LogP contribution in [0.3, 0.4) is 0 Å². The number of carbonyl (C=O) groups excluding carboxylic acids is 2. The maximum absolute atomic E-state index is 11.3. The zero-order chi connectivity index (χ0) is 13.1. The number of hydrogen-bond acceptors (Lipinski definition) is 5. The molecule has 1 amide bonds. The molecule has 0 aliphatic heterocycles. The standard InChI is InChI=1S/C12H10N2O4/c13-8-3-1-7(2-4-8)9-5-6-10(17-9)11(15)18-12(14)16/h1-6H,13H2,(H2,14,16). The number of nitrogens with two attached hydrogens (primary N) is 2. The van der Waals surface area contributed by atoms with Gasteiger partial charge in [0.05, 0.1) is 0 Å². The Labute approximate surface area is 102 Å². The van der Waals surface area contributed by atoms with Crippen molar-refractivity contribution in [3.8, 4) is 11.3 Å². The minimum absolute atomic E-state index is 0.0966. The van der Waals surface area contributed by atoms with Gasteiger partial charge in [-0.3, -0.25) is 0 Å². The lowest BCUT2D eigenvalue weighted by Gasteiger charge is -1.98. The second-order valence-corrected chi connectivity index (χ2v) is 3.49. The molecule has 0 unspecified atom stereocenters. The average Bonchev–Trinajstić information content (AvgIpc) is 2.78. The highest BCUT2D eigenvalue weighted by atomic mass is 16.6. The highest BCUT2D eigenvalue weighted by molar-refractivity contribution is 5.94. The molecule has 0 aliphatic rings. The van der Waals surface area contributed by atoms with E-state index >= 15 is 0 Å². The quantitative estimate of drug-likeness (QED) is 0.476. The van der Waals surface area contributed by atoms with Gasteiger partial charge in [-0.1, -0.05) is 0 Å². The number of carbonyl (C=O) groups is 2. The van der Waals surface area contributed by atoms with Crippen molar-refractivity contribution in [1.29, 1.82) is 0 Å². The van der Waals surface area contributed by atoms with Gasteiger partial charge < -0.3 is 20.6 Å². The maximum atomic E-state index is 11.3. The summed E-state index contributed by atoms with van der Waals surface area (Å²) in [6.07, 6.45) is -1.18. The topological polar surface area (TPSA) is 109 Å². The van der Waals surface area contributed by atoms with Gasteiger partial charge in [0, 0.05) is 11.3 Å². The molecule has 4 N–H and O–H groups in total. The van der Waals surface area contributed by atoms with Gasteiger partial charge in [-0.05, 0) is 36.4 Å².